The van der Waals surface area contributed by atoms with Crippen molar-refractivity contribution in [3.05, 3.63) is 143 Å². The Bertz CT molecular complexity index is 2870. The summed E-state index contributed by atoms with van der Waals surface area (Å²) in [7, 11) is 0. The van der Waals surface area contributed by atoms with Gasteiger partial charge >= 0.3 is 25.7 Å². The van der Waals surface area contributed by atoms with Crippen LogP contribution in [-0.2, 0) is 40.7 Å². The van der Waals surface area contributed by atoms with Gasteiger partial charge in [-0.1, -0.05) is 69.0 Å². The molecule has 1 aromatic carbocycles. The molecule has 64 heavy (non-hydrogen) atoms. The molecule has 0 amide bonds. The van der Waals surface area contributed by atoms with Crippen LogP contribution in [-0.4, -0.2) is 43.1 Å². The standard InChI is InChI=1S/C26H17N3O4S2.C19H17F3N3.CNS.Ru/c1-16-2-3-25(35-16)26-9-18(13-34-26)17-4-6-27-21(8-17)23-11-20(33-15-31)12-24(29-23)22-10-19(32-14-30)5-7-28-22;1-18(2,3)14-7-4-12(5-8-14)13-6-9-15(23-11-13)16-10-17(25-24-16)19(20,21)22;2-1-3;/h2-15H,1H3;4-11H,1-3H3;;/q;2*-1;+2. The molecule has 8 aromatic rings. The maximum absolute atomic E-state index is 12.6. The molecule has 0 aliphatic carbocycles. The zero-order valence-corrected chi connectivity index (χ0v) is 38.4. The number of hydrogen-bond acceptors (Lipinski definition) is 12. The van der Waals surface area contributed by atoms with E-state index >= 15 is 0 Å². The van der Waals surface area contributed by atoms with E-state index in [1.807, 2.05) is 30.3 Å². The zero-order valence-electron chi connectivity index (χ0n) is 34.2. The Kier molecular flexibility index (Phi) is 16.5. The van der Waals surface area contributed by atoms with Gasteiger partial charge in [-0.05, 0) is 88.5 Å². The van der Waals surface area contributed by atoms with Crippen LogP contribution in [0.1, 0.15) is 36.9 Å². The summed E-state index contributed by atoms with van der Waals surface area (Å²) in [5.74, 6) is 0.617. The SMILES string of the molecule is CC(C)(C)c1ccc(-c2ccc(-c3cc(C(F)(F)F)n[n-]3)nc2)cc1.Cc1ccc(-c2cc(-c3ccnc(-c4cc(OC=O)cc(-c5cc(OC=O)ccn5)n4)c3)cs2)s1.[N-]=C=S.[Ru+2]. The van der Waals surface area contributed by atoms with E-state index in [0.717, 1.165) is 28.3 Å². The number of carbonyl (C=O) groups excluding carboxylic acids is 2. The molecule has 0 aliphatic heterocycles. The summed E-state index contributed by atoms with van der Waals surface area (Å²) in [4.78, 5) is 43.2. The number of ether oxygens (including phenoxy) is 2. The maximum atomic E-state index is 12.6. The summed E-state index contributed by atoms with van der Waals surface area (Å²) in [6.45, 7) is 9.24. The van der Waals surface area contributed by atoms with Crippen LogP contribution in [0.2, 0.25) is 0 Å². The van der Waals surface area contributed by atoms with Crippen molar-refractivity contribution in [2.45, 2.75) is 39.3 Å². The number of carbonyl (C=O) groups is 2. The van der Waals surface area contributed by atoms with Crippen LogP contribution >= 0.6 is 34.9 Å². The molecule has 0 atom stereocenters. The fourth-order valence-electron chi connectivity index (χ4n) is 5.94. The number of halogens is 3. The number of nitrogens with zero attached hydrogens (tertiary/aromatic N) is 7. The largest absolute Gasteiger partial charge is 2.00 e. The molecule has 324 valence electrons. The van der Waals surface area contributed by atoms with Gasteiger partial charge in [0, 0.05) is 62.7 Å². The van der Waals surface area contributed by atoms with Gasteiger partial charge in [-0.15, -0.1) is 22.7 Å². The summed E-state index contributed by atoms with van der Waals surface area (Å²) in [6, 6.07) is 29.2. The Morgan fingerprint density at radius 2 is 1.33 bits per heavy atom. The summed E-state index contributed by atoms with van der Waals surface area (Å²) >= 11 is 7.17. The number of hydrogen-bond donors (Lipinski definition) is 0. The van der Waals surface area contributed by atoms with Crippen molar-refractivity contribution >= 4 is 53.0 Å². The quantitative estimate of drug-likeness (QED) is 0.0557. The third kappa shape index (κ3) is 12.6. The molecule has 0 saturated heterocycles. The van der Waals surface area contributed by atoms with Crippen molar-refractivity contribution in [1.82, 2.24) is 30.1 Å². The number of thiocarbonyl (C=S) groups is 1. The number of thiophene rings is 2. The molecule has 11 nitrogen and oxygen atoms in total. The van der Waals surface area contributed by atoms with Crippen LogP contribution in [0.5, 0.6) is 11.5 Å². The molecule has 0 unspecified atom stereocenters. The van der Waals surface area contributed by atoms with E-state index in [-0.39, 0.29) is 30.6 Å². The maximum Gasteiger partial charge on any atom is 2.00 e. The van der Waals surface area contributed by atoms with Gasteiger partial charge in [0.05, 0.1) is 22.8 Å². The summed E-state index contributed by atoms with van der Waals surface area (Å²) in [5, 5.41) is 17.3. The van der Waals surface area contributed by atoms with Gasteiger partial charge in [-0.3, -0.25) is 24.5 Å². The molecule has 18 heteroatoms. The topological polar surface area (TPSA) is 153 Å². The number of pyridine rings is 4. The van der Waals surface area contributed by atoms with E-state index < -0.39 is 11.9 Å². The number of alkyl halides is 3. The van der Waals surface area contributed by atoms with E-state index in [1.165, 1.54) is 31.6 Å². The molecule has 0 saturated carbocycles. The van der Waals surface area contributed by atoms with Crippen molar-refractivity contribution in [1.29, 1.82) is 0 Å². The summed E-state index contributed by atoms with van der Waals surface area (Å²) < 4.78 is 47.8. The van der Waals surface area contributed by atoms with Gasteiger partial charge < -0.3 is 25.1 Å². The van der Waals surface area contributed by atoms with Crippen molar-refractivity contribution < 1.29 is 51.7 Å². The number of benzene rings is 1. The van der Waals surface area contributed by atoms with E-state index in [1.54, 1.807) is 65.4 Å². The molecular weight excluding hydrogens is 969 g/mol. The first kappa shape index (κ1) is 48.6. The second kappa shape index (κ2) is 21.8. The third-order valence-electron chi connectivity index (χ3n) is 9.04. The van der Waals surface area contributed by atoms with Crippen LogP contribution in [0.3, 0.4) is 0 Å². The first-order chi connectivity index (χ1) is 30.2. The normalized spacial score (nSPS) is 10.8. The Balaban J connectivity index is 0.000000235. The molecule has 0 fully saturated rings. The number of aryl methyl sites for hydroxylation is 1. The van der Waals surface area contributed by atoms with E-state index in [9.17, 15) is 22.8 Å². The molecule has 0 radical (unpaired) electrons. The average Bonchev–Trinajstić information content (AvgIpc) is 4.07. The van der Waals surface area contributed by atoms with E-state index in [0.29, 0.717) is 52.9 Å². The fraction of sp³-hybridized carbons (Fsp3) is 0.130. The predicted molar refractivity (Wildman–Crippen MR) is 241 cm³/mol. The second-order valence-corrected chi connectivity index (χ2v) is 16.8. The minimum Gasteiger partial charge on any atom is -0.753 e. The molecule has 7 aromatic heterocycles. The fourth-order valence-corrected chi connectivity index (χ4v) is 7.83. The zero-order chi connectivity index (χ0) is 45.1. The van der Waals surface area contributed by atoms with Crippen LogP contribution in [0.4, 0.5) is 13.2 Å². The molecular formula is C46H34F3N7O4RuS3. The number of isothiocyanates is 1. The molecule has 0 N–H and O–H groups in total. The van der Waals surface area contributed by atoms with E-state index in [2.05, 4.69) is 106 Å². The Labute approximate surface area is 392 Å². The van der Waals surface area contributed by atoms with Gasteiger partial charge in [0.25, 0.3) is 12.9 Å². The average molecular weight is 1000 g/mol. The third-order valence-corrected chi connectivity index (χ3v) is 11.2. The van der Waals surface area contributed by atoms with Crippen molar-refractivity contribution in [2.24, 2.45) is 0 Å². The van der Waals surface area contributed by atoms with Gasteiger partial charge in [0.2, 0.25) is 0 Å². The molecule has 0 aliphatic rings. The van der Waals surface area contributed by atoms with Crippen LogP contribution < -0.4 is 14.6 Å². The van der Waals surface area contributed by atoms with Gasteiger partial charge in [-0.2, -0.15) is 18.3 Å². The predicted octanol–water partition coefficient (Wildman–Crippen LogP) is 11.8. The summed E-state index contributed by atoms with van der Waals surface area (Å²) in [5.41, 5.74) is 6.74. The Hall–Kier alpha value is -6.42. The number of aromatic nitrogens is 6. The second-order valence-electron chi connectivity index (χ2n) is 14.4. The first-order valence-electron chi connectivity index (χ1n) is 18.7. The van der Waals surface area contributed by atoms with E-state index in [4.69, 9.17) is 14.9 Å². The molecule has 8 rings (SSSR count). The van der Waals surface area contributed by atoms with Gasteiger partial charge in [0.15, 0.2) is 0 Å². The first-order valence-corrected chi connectivity index (χ1v) is 20.8. The monoisotopic (exact) mass is 1000 g/mol. The van der Waals surface area contributed by atoms with Crippen molar-refractivity contribution in [2.75, 3.05) is 0 Å². The minimum absolute atomic E-state index is 0. The van der Waals surface area contributed by atoms with Gasteiger partial charge in [-0.25, -0.2) is 4.98 Å². The molecule has 0 spiro atoms. The molecule has 7 heterocycles. The minimum atomic E-state index is -4.50. The number of rotatable bonds is 10. The van der Waals surface area contributed by atoms with Gasteiger partial charge in [0.1, 0.15) is 17.2 Å². The van der Waals surface area contributed by atoms with Crippen LogP contribution in [0.15, 0.2) is 121 Å². The molecule has 0 bridgehead atoms. The van der Waals surface area contributed by atoms with Crippen molar-refractivity contribution in [3.63, 3.8) is 0 Å². The van der Waals surface area contributed by atoms with Crippen LogP contribution in [0, 0.1) is 6.92 Å². The smallest absolute Gasteiger partial charge is 0.753 e. The summed E-state index contributed by atoms with van der Waals surface area (Å²) in [6.07, 6.45) is 0.358. The van der Waals surface area contributed by atoms with Crippen molar-refractivity contribution in [3.8, 4) is 77.7 Å². The Morgan fingerprint density at radius 1 is 0.703 bits per heavy atom. The Morgan fingerprint density at radius 3 is 1.91 bits per heavy atom. The van der Waals surface area contributed by atoms with Crippen LogP contribution in [0.25, 0.3) is 71.6 Å².